The van der Waals surface area contributed by atoms with Gasteiger partial charge in [0.05, 0.1) is 12.6 Å². The van der Waals surface area contributed by atoms with Crippen LogP contribution in [0.15, 0.2) is 24.3 Å². The summed E-state index contributed by atoms with van der Waals surface area (Å²) in [5.74, 6) is 0. The summed E-state index contributed by atoms with van der Waals surface area (Å²) in [5.41, 5.74) is 4.13. The van der Waals surface area contributed by atoms with Crippen LogP contribution in [0.1, 0.15) is 43.5 Å². The first-order valence-corrected chi connectivity index (χ1v) is 8.23. The van der Waals surface area contributed by atoms with Gasteiger partial charge in [-0.15, -0.1) is 0 Å². The van der Waals surface area contributed by atoms with Crippen LogP contribution in [0.2, 0.25) is 0 Å². The molecule has 0 saturated carbocycles. The normalized spacial score (nSPS) is 29.3. The standard InChI is InChI=1S/C18H24N2O/c1-2-18(12-21)9-5-10-20-11-8-14-13-6-3-4-7-15(13)19-16(14)17(18)20/h3-4,6-7,17,19,21H,2,5,8-12H2,1H3/t17-,18-/m1/s1. The number of nitrogens with one attached hydrogen (secondary N) is 1. The van der Waals surface area contributed by atoms with Crippen molar-refractivity contribution in [1.82, 2.24) is 9.88 Å². The third-order valence-corrected chi connectivity index (χ3v) is 5.85. The molecule has 2 aliphatic heterocycles. The maximum absolute atomic E-state index is 10.1. The number of benzene rings is 1. The number of hydrogen-bond donors (Lipinski definition) is 2. The van der Waals surface area contributed by atoms with Gasteiger partial charge in [-0.2, -0.15) is 0 Å². The number of nitrogens with zero attached hydrogens (tertiary/aromatic N) is 1. The molecule has 4 rings (SSSR count). The fourth-order valence-corrected chi connectivity index (χ4v) is 4.64. The third kappa shape index (κ3) is 1.80. The molecule has 3 nitrogen and oxygen atoms in total. The van der Waals surface area contributed by atoms with Gasteiger partial charge >= 0.3 is 0 Å². The summed E-state index contributed by atoms with van der Waals surface area (Å²) in [6, 6.07) is 8.99. The summed E-state index contributed by atoms with van der Waals surface area (Å²) in [4.78, 5) is 6.28. The second kappa shape index (κ2) is 4.85. The number of piperidine rings is 1. The van der Waals surface area contributed by atoms with Gasteiger partial charge in [0.25, 0.3) is 0 Å². The zero-order chi connectivity index (χ0) is 14.4. The van der Waals surface area contributed by atoms with Crippen molar-refractivity contribution in [3.05, 3.63) is 35.5 Å². The summed E-state index contributed by atoms with van der Waals surface area (Å²) >= 11 is 0. The Bertz CT molecular complexity index is 656. The van der Waals surface area contributed by atoms with Crippen molar-refractivity contribution in [2.24, 2.45) is 5.41 Å². The van der Waals surface area contributed by atoms with E-state index in [2.05, 4.69) is 41.1 Å². The van der Waals surface area contributed by atoms with Gasteiger partial charge in [0.2, 0.25) is 0 Å². The first-order valence-electron chi connectivity index (χ1n) is 8.23. The van der Waals surface area contributed by atoms with Gasteiger partial charge in [-0.3, -0.25) is 4.90 Å². The Labute approximate surface area is 126 Å². The fraction of sp³-hybridized carbons (Fsp3) is 0.556. The summed E-state index contributed by atoms with van der Waals surface area (Å²) in [5, 5.41) is 11.5. The lowest BCUT2D eigenvalue weighted by Crippen LogP contribution is -2.50. The molecule has 1 aromatic heterocycles. The summed E-state index contributed by atoms with van der Waals surface area (Å²) < 4.78 is 0. The van der Waals surface area contributed by atoms with E-state index < -0.39 is 0 Å². The van der Waals surface area contributed by atoms with Gasteiger partial charge in [0.15, 0.2) is 0 Å². The fourth-order valence-electron chi connectivity index (χ4n) is 4.64. The van der Waals surface area contributed by atoms with Crippen LogP contribution in [0.4, 0.5) is 0 Å². The van der Waals surface area contributed by atoms with Crippen molar-refractivity contribution in [3.8, 4) is 0 Å². The monoisotopic (exact) mass is 284 g/mol. The predicted octanol–water partition coefficient (Wildman–Crippen LogP) is 3.25. The molecule has 21 heavy (non-hydrogen) atoms. The van der Waals surface area contributed by atoms with Gasteiger partial charge in [0, 0.05) is 28.6 Å². The average Bonchev–Trinajstić information content (AvgIpc) is 2.92. The van der Waals surface area contributed by atoms with Gasteiger partial charge in [-0.25, -0.2) is 0 Å². The molecule has 3 heteroatoms. The first-order chi connectivity index (χ1) is 10.3. The van der Waals surface area contributed by atoms with Crippen molar-refractivity contribution in [1.29, 1.82) is 0 Å². The molecule has 3 heterocycles. The molecule has 1 saturated heterocycles. The van der Waals surface area contributed by atoms with Crippen LogP contribution in [0.25, 0.3) is 10.9 Å². The summed E-state index contributed by atoms with van der Waals surface area (Å²) in [7, 11) is 0. The molecular weight excluding hydrogens is 260 g/mol. The number of hydrogen-bond acceptors (Lipinski definition) is 2. The molecule has 0 unspecified atom stereocenters. The number of fused-ring (bicyclic) bond motifs is 5. The molecule has 2 atom stereocenters. The van der Waals surface area contributed by atoms with E-state index in [-0.39, 0.29) is 5.41 Å². The molecule has 2 aromatic rings. The van der Waals surface area contributed by atoms with Crippen LogP contribution in [-0.4, -0.2) is 34.7 Å². The van der Waals surface area contributed by atoms with Crippen LogP contribution in [0.3, 0.4) is 0 Å². The van der Waals surface area contributed by atoms with Gasteiger partial charge < -0.3 is 10.1 Å². The minimum atomic E-state index is 0.0221. The van der Waals surface area contributed by atoms with Crippen LogP contribution in [0, 0.1) is 5.41 Å². The number of aliphatic hydroxyl groups is 1. The highest BCUT2D eigenvalue weighted by Crippen LogP contribution is 2.51. The quantitative estimate of drug-likeness (QED) is 0.888. The van der Waals surface area contributed by atoms with Crippen molar-refractivity contribution in [2.75, 3.05) is 19.7 Å². The Morgan fingerprint density at radius 3 is 3.00 bits per heavy atom. The topological polar surface area (TPSA) is 39.3 Å². The smallest absolute Gasteiger partial charge is 0.0580 e. The van der Waals surface area contributed by atoms with Crippen molar-refractivity contribution in [2.45, 2.75) is 38.6 Å². The molecule has 1 aromatic carbocycles. The third-order valence-electron chi connectivity index (χ3n) is 5.85. The minimum absolute atomic E-state index is 0.0221. The molecule has 0 spiro atoms. The molecule has 2 N–H and O–H groups in total. The van der Waals surface area contributed by atoms with Crippen LogP contribution in [0.5, 0.6) is 0 Å². The summed E-state index contributed by atoms with van der Waals surface area (Å²) in [6.45, 7) is 4.82. The number of aromatic amines is 1. The Morgan fingerprint density at radius 2 is 2.19 bits per heavy atom. The largest absolute Gasteiger partial charge is 0.396 e. The van der Waals surface area contributed by atoms with Gasteiger partial charge in [-0.05, 0) is 43.9 Å². The van der Waals surface area contributed by atoms with Crippen LogP contribution < -0.4 is 0 Å². The number of H-pyrrole nitrogens is 1. The van der Waals surface area contributed by atoms with Gasteiger partial charge in [-0.1, -0.05) is 25.1 Å². The van der Waals surface area contributed by atoms with Crippen LogP contribution in [-0.2, 0) is 6.42 Å². The van der Waals surface area contributed by atoms with E-state index >= 15 is 0 Å². The SMILES string of the molecule is CC[C@]1(CO)CCCN2CCc3c([nH]c4ccccc34)[C@@H]21. The number of aliphatic hydroxyl groups excluding tert-OH is 1. The van der Waals surface area contributed by atoms with E-state index in [4.69, 9.17) is 0 Å². The second-order valence-corrected chi connectivity index (χ2v) is 6.73. The zero-order valence-electron chi connectivity index (χ0n) is 12.7. The minimum Gasteiger partial charge on any atom is -0.396 e. The van der Waals surface area contributed by atoms with E-state index in [1.807, 2.05) is 0 Å². The molecular formula is C18H24N2O. The Hall–Kier alpha value is -1.32. The lowest BCUT2D eigenvalue weighted by atomic mass is 9.68. The van der Waals surface area contributed by atoms with E-state index in [9.17, 15) is 5.11 Å². The molecule has 0 radical (unpaired) electrons. The first kappa shape index (κ1) is 13.4. The van der Waals surface area contributed by atoms with E-state index in [1.165, 1.54) is 35.1 Å². The highest BCUT2D eigenvalue weighted by atomic mass is 16.3. The lowest BCUT2D eigenvalue weighted by Gasteiger charge is -2.51. The number of para-hydroxylation sites is 1. The van der Waals surface area contributed by atoms with Crippen molar-refractivity contribution in [3.63, 3.8) is 0 Å². The van der Waals surface area contributed by atoms with Crippen molar-refractivity contribution >= 4 is 10.9 Å². The highest BCUT2D eigenvalue weighted by molar-refractivity contribution is 5.85. The Kier molecular flexibility index (Phi) is 3.09. The van der Waals surface area contributed by atoms with Crippen molar-refractivity contribution < 1.29 is 5.11 Å². The molecule has 2 aliphatic rings. The van der Waals surface area contributed by atoms with Gasteiger partial charge in [0.1, 0.15) is 0 Å². The number of rotatable bonds is 2. The van der Waals surface area contributed by atoms with E-state index in [0.717, 1.165) is 25.8 Å². The Balaban J connectivity index is 1.91. The average molecular weight is 284 g/mol. The Morgan fingerprint density at radius 1 is 1.33 bits per heavy atom. The second-order valence-electron chi connectivity index (χ2n) is 6.73. The maximum atomic E-state index is 10.1. The van der Waals surface area contributed by atoms with E-state index in [1.54, 1.807) is 0 Å². The van der Waals surface area contributed by atoms with E-state index in [0.29, 0.717) is 12.6 Å². The lowest BCUT2D eigenvalue weighted by molar-refractivity contribution is -0.0379. The molecule has 0 bridgehead atoms. The molecule has 0 aliphatic carbocycles. The van der Waals surface area contributed by atoms with Crippen LogP contribution >= 0.6 is 0 Å². The summed E-state index contributed by atoms with van der Waals surface area (Å²) in [6.07, 6.45) is 4.51. The molecule has 112 valence electrons. The molecule has 0 amide bonds. The predicted molar refractivity (Wildman–Crippen MR) is 85.4 cm³/mol. The zero-order valence-corrected chi connectivity index (χ0v) is 12.7. The highest BCUT2D eigenvalue weighted by Gasteiger charge is 2.47. The maximum Gasteiger partial charge on any atom is 0.0580 e. The molecule has 1 fully saturated rings. The number of aromatic nitrogens is 1.